The molecule has 0 saturated carbocycles. The van der Waals surface area contributed by atoms with Crippen molar-refractivity contribution in [2.45, 2.75) is 32.1 Å². The highest BCUT2D eigenvalue weighted by Gasteiger charge is 2.45. The number of cyclic esters (lactones) is 1. The normalized spacial score (nSPS) is 20.1. The largest absolute Gasteiger partial charge is 0.506 e. The number of benzene rings is 1. The molecule has 0 fully saturated rings. The molecule has 1 aromatic carbocycles. The summed E-state index contributed by atoms with van der Waals surface area (Å²) in [5.41, 5.74) is 0.826. The van der Waals surface area contributed by atoms with E-state index >= 15 is 0 Å². The van der Waals surface area contributed by atoms with Gasteiger partial charge in [-0.2, -0.15) is 0 Å². The lowest BCUT2D eigenvalue weighted by Crippen LogP contribution is -2.44. The van der Waals surface area contributed by atoms with Gasteiger partial charge in [0.1, 0.15) is 17.9 Å². The Morgan fingerprint density at radius 2 is 2.11 bits per heavy atom. The van der Waals surface area contributed by atoms with Crippen LogP contribution >= 0.6 is 0 Å². The maximum Gasteiger partial charge on any atom is 0.343 e. The van der Waals surface area contributed by atoms with Gasteiger partial charge in [0, 0.05) is 16.5 Å². The number of fused-ring (bicyclic) bond motifs is 5. The molecule has 1 unspecified atom stereocenters. The standard InChI is InChI=1S/C20H16N2O5/c1-2-20(26)13-7-14-16-11(6-10-4-3-5-15(23)17(10)21-16)8-22(14)18(24)12(13)9-27-19(20)25/h3-7,23,26H,2,8-9H2,1H3. The summed E-state index contributed by atoms with van der Waals surface area (Å²) >= 11 is 0. The maximum absolute atomic E-state index is 13.0. The fourth-order valence-corrected chi connectivity index (χ4v) is 3.99. The van der Waals surface area contributed by atoms with Crippen LogP contribution in [0, 0.1) is 0 Å². The highest BCUT2D eigenvalue weighted by molar-refractivity contribution is 5.89. The molecular formula is C20H16N2O5. The molecule has 0 saturated heterocycles. The van der Waals surface area contributed by atoms with Gasteiger partial charge in [-0.3, -0.25) is 4.79 Å². The molecule has 1 atom stereocenters. The third-order valence-corrected chi connectivity index (χ3v) is 5.52. The second kappa shape index (κ2) is 5.17. The van der Waals surface area contributed by atoms with E-state index < -0.39 is 11.6 Å². The number of phenolic OH excluding ortho intramolecular Hbond substituents is 1. The monoisotopic (exact) mass is 364 g/mol. The summed E-state index contributed by atoms with van der Waals surface area (Å²) in [5.74, 6) is -0.688. The van der Waals surface area contributed by atoms with Crippen molar-refractivity contribution in [1.82, 2.24) is 9.55 Å². The number of rotatable bonds is 1. The van der Waals surface area contributed by atoms with Crippen LogP contribution in [-0.4, -0.2) is 25.7 Å². The maximum atomic E-state index is 13.0. The number of aliphatic hydroxyl groups is 1. The van der Waals surface area contributed by atoms with Crippen molar-refractivity contribution >= 4 is 16.9 Å². The molecule has 2 N–H and O–H groups in total. The molecule has 7 heteroatoms. The lowest BCUT2D eigenvalue weighted by molar-refractivity contribution is -0.172. The highest BCUT2D eigenvalue weighted by Crippen LogP contribution is 2.39. The van der Waals surface area contributed by atoms with Crippen LogP contribution in [0.5, 0.6) is 5.75 Å². The predicted octanol–water partition coefficient (Wildman–Crippen LogP) is 1.79. The molecule has 0 aliphatic carbocycles. The van der Waals surface area contributed by atoms with Crippen molar-refractivity contribution < 1.29 is 19.7 Å². The number of ether oxygens (including phenoxy) is 1. The van der Waals surface area contributed by atoms with E-state index in [1.807, 2.05) is 12.1 Å². The molecule has 2 aliphatic rings. The summed E-state index contributed by atoms with van der Waals surface area (Å²) in [6.45, 7) is 1.86. The molecule has 7 nitrogen and oxygen atoms in total. The SMILES string of the molecule is CCC1(O)C(=O)OCc2c1cc1n(c2=O)Cc2cc3cccc(O)c3nc2-1. The Bertz CT molecular complexity index is 1210. The number of para-hydroxylation sites is 1. The van der Waals surface area contributed by atoms with Crippen molar-refractivity contribution in [3.63, 3.8) is 0 Å². The molecule has 0 bridgehead atoms. The number of nitrogens with zero attached hydrogens (tertiary/aromatic N) is 2. The first kappa shape index (κ1) is 16.0. The number of aromatic hydroxyl groups is 1. The van der Waals surface area contributed by atoms with Gasteiger partial charge in [0.15, 0.2) is 5.60 Å². The molecule has 27 heavy (non-hydrogen) atoms. The summed E-state index contributed by atoms with van der Waals surface area (Å²) in [6, 6.07) is 8.70. The van der Waals surface area contributed by atoms with E-state index in [0.29, 0.717) is 29.0 Å². The zero-order valence-electron chi connectivity index (χ0n) is 14.5. The lowest BCUT2D eigenvalue weighted by atomic mass is 9.86. The molecule has 136 valence electrons. The van der Waals surface area contributed by atoms with Crippen LogP contribution in [0.3, 0.4) is 0 Å². The fraction of sp³-hybridized carbons (Fsp3) is 0.250. The summed E-state index contributed by atoms with van der Waals surface area (Å²) in [5, 5.41) is 21.7. The van der Waals surface area contributed by atoms with E-state index in [0.717, 1.165) is 10.9 Å². The molecular weight excluding hydrogens is 348 g/mol. The Hall–Kier alpha value is -3.19. The van der Waals surface area contributed by atoms with Gasteiger partial charge >= 0.3 is 5.97 Å². The first-order valence-corrected chi connectivity index (χ1v) is 8.73. The number of carbonyl (C=O) groups is 1. The van der Waals surface area contributed by atoms with Crippen LogP contribution in [-0.2, 0) is 28.3 Å². The number of phenols is 1. The van der Waals surface area contributed by atoms with E-state index in [2.05, 4.69) is 4.98 Å². The Kier molecular flexibility index (Phi) is 3.07. The number of aromatic nitrogens is 2. The van der Waals surface area contributed by atoms with Crippen LogP contribution in [0.2, 0.25) is 0 Å². The van der Waals surface area contributed by atoms with Gasteiger partial charge in [0.2, 0.25) is 0 Å². The minimum Gasteiger partial charge on any atom is -0.506 e. The molecule has 4 heterocycles. The van der Waals surface area contributed by atoms with Gasteiger partial charge in [-0.05, 0) is 24.6 Å². The van der Waals surface area contributed by atoms with E-state index in [1.165, 1.54) is 0 Å². The van der Waals surface area contributed by atoms with Crippen LogP contribution in [0.4, 0.5) is 0 Å². The van der Waals surface area contributed by atoms with Crippen LogP contribution < -0.4 is 5.56 Å². The number of carbonyl (C=O) groups excluding carboxylic acids is 1. The Morgan fingerprint density at radius 3 is 2.89 bits per heavy atom. The van der Waals surface area contributed by atoms with Gasteiger partial charge in [-0.1, -0.05) is 19.1 Å². The van der Waals surface area contributed by atoms with Gasteiger partial charge in [-0.25, -0.2) is 9.78 Å². The Balaban J connectivity index is 1.82. The average molecular weight is 364 g/mol. The van der Waals surface area contributed by atoms with Gasteiger partial charge in [0.05, 0.1) is 23.5 Å². The third kappa shape index (κ3) is 1.97. The van der Waals surface area contributed by atoms with Crippen LogP contribution in [0.15, 0.2) is 35.1 Å². The van der Waals surface area contributed by atoms with E-state index in [1.54, 1.807) is 29.7 Å². The zero-order valence-corrected chi connectivity index (χ0v) is 14.5. The van der Waals surface area contributed by atoms with E-state index in [9.17, 15) is 19.8 Å². The van der Waals surface area contributed by atoms with E-state index in [4.69, 9.17) is 4.74 Å². The van der Waals surface area contributed by atoms with Gasteiger partial charge in [0.25, 0.3) is 5.56 Å². The van der Waals surface area contributed by atoms with E-state index in [-0.39, 0.29) is 29.9 Å². The lowest BCUT2D eigenvalue weighted by Gasteiger charge is -2.31. The number of esters is 1. The average Bonchev–Trinajstić information content (AvgIpc) is 3.02. The highest BCUT2D eigenvalue weighted by atomic mass is 16.6. The molecule has 0 amide bonds. The molecule has 0 radical (unpaired) electrons. The van der Waals surface area contributed by atoms with Crippen molar-refractivity contribution in [2.24, 2.45) is 0 Å². The first-order chi connectivity index (χ1) is 12.9. The topological polar surface area (TPSA) is 102 Å². The van der Waals surface area contributed by atoms with Crippen LogP contribution in [0.25, 0.3) is 22.3 Å². The predicted molar refractivity (Wildman–Crippen MR) is 96.2 cm³/mol. The number of hydrogen-bond donors (Lipinski definition) is 2. The summed E-state index contributed by atoms with van der Waals surface area (Å²) in [7, 11) is 0. The smallest absolute Gasteiger partial charge is 0.343 e. The summed E-state index contributed by atoms with van der Waals surface area (Å²) in [6.07, 6.45) is 0.0977. The first-order valence-electron chi connectivity index (χ1n) is 8.73. The second-order valence-electron chi connectivity index (χ2n) is 6.95. The van der Waals surface area contributed by atoms with Crippen molar-refractivity contribution in [2.75, 3.05) is 0 Å². The minimum absolute atomic E-state index is 0.0581. The van der Waals surface area contributed by atoms with Gasteiger partial charge < -0.3 is 19.5 Å². The summed E-state index contributed by atoms with van der Waals surface area (Å²) < 4.78 is 6.63. The Labute approximate surface area is 153 Å². The van der Waals surface area contributed by atoms with Crippen molar-refractivity contribution in [3.05, 3.63) is 57.4 Å². The number of hydrogen-bond acceptors (Lipinski definition) is 6. The van der Waals surface area contributed by atoms with Crippen LogP contribution in [0.1, 0.15) is 30.0 Å². The molecule has 2 aliphatic heterocycles. The molecule has 3 aromatic rings. The Morgan fingerprint density at radius 1 is 1.30 bits per heavy atom. The quantitative estimate of drug-likeness (QED) is 0.499. The molecule has 5 rings (SSSR count). The molecule has 0 spiro atoms. The number of pyridine rings is 2. The zero-order chi connectivity index (χ0) is 18.9. The third-order valence-electron chi connectivity index (χ3n) is 5.52. The van der Waals surface area contributed by atoms with Crippen molar-refractivity contribution in [3.8, 4) is 17.1 Å². The summed E-state index contributed by atoms with van der Waals surface area (Å²) in [4.78, 5) is 29.8. The van der Waals surface area contributed by atoms with Crippen molar-refractivity contribution in [1.29, 1.82) is 0 Å². The molecule has 2 aromatic heterocycles. The second-order valence-corrected chi connectivity index (χ2v) is 6.95. The minimum atomic E-state index is -1.84. The fourth-order valence-electron chi connectivity index (χ4n) is 3.99. The van der Waals surface area contributed by atoms with Gasteiger partial charge in [-0.15, -0.1) is 0 Å².